The predicted molar refractivity (Wildman–Crippen MR) is 175 cm³/mol. The van der Waals surface area contributed by atoms with E-state index in [-0.39, 0.29) is 25.8 Å². The molecule has 0 aliphatic carbocycles. The molecule has 0 amide bonds. The Bertz CT molecular complexity index is 692. The highest BCUT2D eigenvalue weighted by Crippen LogP contribution is 2.34. The second-order valence-electron chi connectivity index (χ2n) is 12.6. The van der Waals surface area contributed by atoms with Crippen molar-refractivity contribution in [1.29, 1.82) is 0 Å². The Morgan fingerprint density at radius 1 is 0.535 bits per heavy atom. The van der Waals surface area contributed by atoms with E-state index in [0.717, 1.165) is 38.5 Å². The molecule has 0 radical (unpaired) electrons. The van der Waals surface area contributed by atoms with E-state index in [1.54, 1.807) is 0 Å². The van der Waals surface area contributed by atoms with Crippen molar-refractivity contribution in [2.45, 2.75) is 193 Å². The molecule has 0 heterocycles. The second kappa shape index (κ2) is 26.5. The van der Waals surface area contributed by atoms with Gasteiger partial charge in [-0.1, -0.05) is 117 Å². The number of allylic oxidation sites excluding steroid dienone is 2. The SMILES string of the molecule is CCCCCCCCCCC/C=C/CCCCCCCC[N+](C(CCC)C(=O)[O-])(C(CCC)C(=O)O)C(CCC)C(=O)O. The van der Waals surface area contributed by atoms with Crippen LogP contribution in [0.3, 0.4) is 0 Å². The van der Waals surface area contributed by atoms with E-state index in [9.17, 15) is 29.7 Å². The highest BCUT2D eigenvalue weighted by Gasteiger charge is 2.54. The van der Waals surface area contributed by atoms with Gasteiger partial charge in [-0.2, -0.15) is 0 Å². The smallest absolute Gasteiger partial charge is 0.362 e. The zero-order valence-electron chi connectivity index (χ0n) is 28.3. The van der Waals surface area contributed by atoms with Crippen molar-refractivity contribution in [1.82, 2.24) is 0 Å². The van der Waals surface area contributed by atoms with Gasteiger partial charge in [-0.05, 0) is 51.4 Å². The van der Waals surface area contributed by atoms with Crippen molar-refractivity contribution < 1.29 is 34.2 Å². The number of quaternary nitrogens is 1. The molecular formula is C36H67NO6. The third-order valence-corrected chi connectivity index (χ3v) is 9.08. The van der Waals surface area contributed by atoms with Crippen molar-refractivity contribution in [3.05, 3.63) is 12.2 Å². The molecule has 0 aliphatic rings. The minimum Gasteiger partial charge on any atom is -0.544 e. The predicted octanol–water partition coefficient (Wildman–Crippen LogP) is 8.44. The maximum Gasteiger partial charge on any atom is 0.362 e. The van der Waals surface area contributed by atoms with Gasteiger partial charge < -0.3 is 20.1 Å². The summed E-state index contributed by atoms with van der Waals surface area (Å²) in [6.45, 7) is 8.06. The van der Waals surface area contributed by atoms with Crippen LogP contribution in [-0.2, 0) is 14.4 Å². The molecule has 3 atom stereocenters. The molecule has 0 saturated heterocycles. The minimum absolute atomic E-state index is 0.204. The third kappa shape index (κ3) is 16.7. The summed E-state index contributed by atoms with van der Waals surface area (Å²) < 4.78 is -0.438. The van der Waals surface area contributed by atoms with Crippen LogP contribution in [0.4, 0.5) is 0 Å². The van der Waals surface area contributed by atoms with Crippen molar-refractivity contribution in [3.8, 4) is 0 Å². The van der Waals surface area contributed by atoms with Crippen LogP contribution < -0.4 is 5.11 Å². The first-order chi connectivity index (χ1) is 20.7. The molecule has 252 valence electrons. The van der Waals surface area contributed by atoms with Gasteiger partial charge in [-0.25, -0.2) is 9.59 Å². The van der Waals surface area contributed by atoms with Crippen molar-refractivity contribution in [3.63, 3.8) is 0 Å². The Hall–Kier alpha value is -1.89. The molecular weight excluding hydrogens is 542 g/mol. The van der Waals surface area contributed by atoms with Crippen LogP contribution in [-0.4, -0.2) is 57.3 Å². The molecule has 2 N–H and O–H groups in total. The van der Waals surface area contributed by atoms with Gasteiger partial charge in [0.15, 0.2) is 12.1 Å². The summed E-state index contributed by atoms with van der Waals surface area (Å²) in [7, 11) is 0. The molecule has 0 saturated carbocycles. The zero-order valence-corrected chi connectivity index (χ0v) is 28.3. The van der Waals surface area contributed by atoms with E-state index in [2.05, 4.69) is 19.1 Å². The summed E-state index contributed by atoms with van der Waals surface area (Å²) in [5.41, 5.74) is 0. The molecule has 0 aliphatic heterocycles. The average molecular weight is 610 g/mol. The Kier molecular flexibility index (Phi) is 25.3. The van der Waals surface area contributed by atoms with Crippen molar-refractivity contribution in [2.24, 2.45) is 0 Å². The fourth-order valence-corrected chi connectivity index (χ4v) is 6.80. The van der Waals surface area contributed by atoms with E-state index in [1.807, 2.05) is 20.8 Å². The van der Waals surface area contributed by atoms with Crippen LogP contribution >= 0.6 is 0 Å². The number of rotatable bonds is 31. The Morgan fingerprint density at radius 2 is 0.884 bits per heavy atom. The summed E-state index contributed by atoms with van der Waals surface area (Å²) in [5, 5.41) is 33.0. The zero-order chi connectivity index (χ0) is 32.3. The van der Waals surface area contributed by atoms with E-state index in [4.69, 9.17) is 0 Å². The van der Waals surface area contributed by atoms with Gasteiger partial charge in [-0.15, -0.1) is 0 Å². The number of carboxylic acid groups (broad SMARTS) is 3. The maximum atomic E-state index is 12.6. The Labute approximate surface area is 264 Å². The number of carboxylic acids is 3. The van der Waals surface area contributed by atoms with E-state index in [0.29, 0.717) is 25.7 Å². The molecule has 0 bridgehead atoms. The van der Waals surface area contributed by atoms with Crippen LogP contribution in [0.25, 0.3) is 0 Å². The first-order valence-corrected chi connectivity index (χ1v) is 17.9. The molecule has 0 aromatic rings. The maximum absolute atomic E-state index is 12.6. The average Bonchev–Trinajstić information content (AvgIpc) is 2.97. The quantitative estimate of drug-likeness (QED) is 0.0463. The van der Waals surface area contributed by atoms with Crippen molar-refractivity contribution in [2.75, 3.05) is 6.54 Å². The Morgan fingerprint density at radius 3 is 1.23 bits per heavy atom. The van der Waals surface area contributed by atoms with Gasteiger partial charge in [0.1, 0.15) is 6.04 Å². The number of nitrogens with zero attached hydrogens (tertiary/aromatic N) is 1. The molecule has 43 heavy (non-hydrogen) atoms. The second-order valence-corrected chi connectivity index (χ2v) is 12.6. The number of hydrogen-bond donors (Lipinski definition) is 2. The van der Waals surface area contributed by atoms with Crippen molar-refractivity contribution >= 4 is 17.9 Å². The van der Waals surface area contributed by atoms with Gasteiger partial charge in [0, 0.05) is 19.3 Å². The number of hydrogen-bond acceptors (Lipinski definition) is 4. The number of unbranched alkanes of at least 4 members (excludes halogenated alkanes) is 15. The molecule has 0 rings (SSSR count). The van der Waals surface area contributed by atoms with Crippen LogP contribution in [0.5, 0.6) is 0 Å². The molecule has 0 aromatic carbocycles. The van der Waals surface area contributed by atoms with Gasteiger partial charge in [0.05, 0.1) is 12.5 Å². The molecule has 0 spiro atoms. The highest BCUT2D eigenvalue weighted by molar-refractivity contribution is 5.77. The molecule has 7 heteroatoms. The fraction of sp³-hybridized carbons (Fsp3) is 0.861. The first kappa shape index (κ1) is 41.1. The third-order valence-electron chi connectivity index (χ3n) is 9.08. The monoisotopic (exact) mass is 609 g/mol. The molecule has 0 aromatic heterocycles. The fourth-order valence-electron chi connectivity index (χ4n) is 6.80. The lowest BCUT2D eigenvalue weighted by Crippen LogP contribution is -2.74. The molecule has 0 fully saturated rings. The van der Waals surface area contributed by atoms with E-state index < -0.39 is 40.5 Å². The topological polar surface area (TPSA) is 115 Å². The summed E-state index contributed by atoms with van der Waals surface area (Å²) in [6.07, 6.45) is 27.1. The summed E-state index contributed by atoms with van der Waals surface area (Å²) in [6, 6.07) is -3.34. The Balaban J connectivity index is 4.86. The minimum atomic E-state index is -1.34. The lowest BCUT2D eigenvalue weighted by molar-refractivity contribution is -0.975. The summed E-state index contributed by atoms with van der Waals surface area (Å²) >= 11 is 0. The number of carbonyl (C=O) groups excluding carboxylic acids is 1. The van der Waals surface area contributed by atoms with Gasteiger partial charge in [0.25, 0.3) is 0 Å². The van der Waals surface area contributed by atoms with Gasteiger partial charge in [-0.3, -0.25) is 4.48 Å². The number of carbonyl (C=O) groups is 3. The normalized spacial score (nSPS) is 15.3. The lowest BCUT2D eigenvalue weighted by Gasteiger charge is -2.52. The molecule has 7 nitrogen and oxygen atoms in total. The summed E-state index contributed by atoms with van der Waals surface area (Å²) in [4.78, 5) is 37.6. The number of aliphatic carboxylic acids is 3. The van der Waals surface area contributed by atoms with Crippen LogP contribution in [0.15, 0.2) is 12.2 Å². The summed E-state index contributed by atoms with van der Waals surface area (Å²) in [5.74, 6) is -3.56. The standard InChI is InChI=1S/C36H67NO6/c1-5-9-10-11-12-13-14-15-16-17-18-19-20-21-22-23-24-25-26-30-37(31(27-6-2)34(38)39,32(28-7-3)35(40)41)33(29-8-4)36(42)43/h18-19,31-33H,5-17,20-30H2,1-4H3,(H2-,38,39,40,41,42,43)/b19-18+. The molecule has 3 unspecified atom stereocenters. The highest BCUT2D eigenvalue weighted by atomic mass is 16.4. The lowest BCUT2D eigenvalue weighted by atomic mass is 9.91. The van der Waals surface area contributed by atoms with Gasteiger partial charge in [0.2, 0.25) is 0 Å². The van der Waals surface area contributed by atoms with E-state index in [1.165, 1.54) is 64.2 Å². The largest absolute Gasteiger partial charge is 0.544 e. The van der Waals surface area contributed by atoms with Crippen LogP contribution in [0.1, 0.15) is 175 Å². The van der Waals surface area contributed by atoms with Crippen LogP contribution in [0, 0.1) is 0 Å². The van der Waals surface area contributed by atoms with E-state index >= 15 is 0 Å². The first-order valence-electron chi connectivity index (χ1n) is 17.9. The van der Waals surface area contributed by atoms with Gasteiger partial charge >= 0.3 is 11.9 Å². The van der Waals surface area contributed by atoms with Crippen LogP contribution in [0.2, 0.25) is 0 Å².